The van der Waals surface area contributed by atoms with Crippen molar-refractivity contribution in [2.45, 2.75) is 25.6 Å². The molecule has 1 fully saturated rings. The standard InChI is InChI=1S/C13H19NO3S/c1-3-16-8-4-7-14-12(15)9-18-13(14)11-6-5-10(2)17-11/h5-6,13H,3-4,7-9H2,1-2H3. The first-order valence-electron chi connectivity index (χ1n) is 6.27. The number of thioether (sulfide) groups is 1. The van der Waals surface area contributed by atoms with Crippen molar-refractivity contribution in [1.82, 2.24) is 4.90 Å². The van der Waals surface area contributed by atoms with Gasteiger partial charge in [-0.25, -0.2) is 0 Å². The summed E-state index contributed by atoms with van der Waals surface area (Å²) in [7, 11) is 0. The lowest BCUT2D eigenvalue weighted by Crippen LogP contribution is -2.29. The molecule has 0 N–H and O–H groups in total. The van der Waals surface area contributed by atoms with E-state index in [1.54, 1.807) is 11.8 Å². The van der Waals surface area contributed by atoms with Gasteiger partial charge >= 0.3 is 0 Å². The predicted molar refractivity (Wildman–Crippen MR) is 71.5 cm³/mol. The molecule has 1 aliphatic rings. The average molecular weight is 269 g/mol. The zero-order chi connectivity index (χ0) is 13.0. The van der Waals surface area contributed by atoms with E-state index in [9.17, 15) is 4.79 Å². The van der Waals surface area contributed by atoms with Crippen LogP contribution in [0.5, 0.6) is 0 Å². The third-order valence-electron chi connectivity index (χ3n) is 2.86. The van der Waals surface area contributed by atoms with Crippen LogP contribution in [0.2, 0.25) is 0 Å². The lowest BCUT2D eigenvalue weighted by atomic mass is 10.3. The number of rotatable bonds is 6. The zero-order valence-electron chi connectivity index (χ0n) is 10.8. The van der Waals surface area contributed by atoms with Crippen LogP contribution in [-0.2, 0) is 9.53 Å². The number of carbonyl (C=O) groups excluding carboxylic acids is 1. The van der Waals surface area contributed by atoms with E-state index in [1.807, 2.05) is 30.9 Å². The minimum Gasteiger partial charge on any atom is -0.463 e. The van der Waals surface area contributed by atoms with Crippen LogP contribution in [0.25, 0.3) is 0 Å². The van der Waals surface area contributed by atoms with Gasteiger partial charge in [0.2, 0.25) is 5.91 Å². The Hall–Kier alpha value is -0.940. The van der Waals surface area contributed by atoms with E-state index >= 15 is 0 Å². The van der Waals surface area contributed by atoms with Crippen LogP contribution in [-0.4, -0.2) is 36.3 Å². The monoisotopic (exact) mass is 269 g/mol. The number of aryl methyl sites for hydroxylation is 1. The van der Waals surface area contributed by atoms with Gasteiger partial charge in [-0.2, -0.15) is 0 Å². The molecule has 1 aromatic rings. The molecule has 18 heavy (non-hydrogen) atoms. The zero-order valence-corrected chi connectivity index (χ0v) is 11.7. The third kappa shape index (κ3) is 3.09. The highest BCUT2D eigenvalue weighted by atomic mass is 32.2. The van der Waals surface area contributed by atoms with Gasteiger partial charge in [0.05, 0.1) is 5.75 Å². The van der Waals surface area contributed by atoms with Crippen molar-refractivity contribution >= 4 is 17.7 Å². The van der Waals surface area contributed by atoms with Gasteiger partial charge in [0.1, 0.15) is 16.9 Å². The summed E-state index contributed by atoms with van der Waals surface area (Å²) in [5, 5.41) is 0.0350. The summed E-state index contributed by atoms with van der Waals surface area (Å²) in [5.74, 6) is 2.49. The van der Waals surface area contributed by atoms with E-state index in [1.165, 1.54) is 0 Å². The molecule has 1 unspecified atom stereocenters. The highest BCUT2D eigenvalue weighted by molar-refractivity contribution is 8.00. The Labute approximate surface area is 112 Å². The molecule has 1 aliphatic heterocycles. The first-order valence-corrected chi connectivity index (χ1v) is 7.32. The van der Waals surface area contributed by atoms with Crippen molar-refractivity contribution in [3.05, 3.63) is 23.7 Å². The van der Waals surface area contributed by atoms with Gasteiger partial charge in [-0.1, -0.05) is 0 Å². The Morgan fingerprint density at radius 2 is 2.39 bits per heavy atom. The van der Waals surface area contributed by atoms with E-state index < -0.39 is 0 Å². The third-order valence-corrected chi connectivity index (χ3v) is 4.08. The largest absolute Gasteiger partial charge is 0.463 e. The molecule has 0 aliphatic carbocycles. The average Bonchev–Trinajstić information content (AvgIpc) is 2.92. The van der Waals surface area contributed by atoms with Crippen LogP contribution < -0.4 is 0 Å². The summed E-state index contributed by atoms with van der Waals surface area (Å²) in [6, 6.07) is 3.90. The van der Waals surface area contributed by atoms with Crippen LogP contribution in [0.15, 0.2) is 16.5 Å². The highest BCUT2D eigenvalue weighted by Gasteiger charge is 2.34. The molecule has 4 nitrogen and oxygen atoms in total. The molecule has 100 valence electrons. The first-order chi connectivity index (χ1) is 8.72. The van der Waals surface area contributed by atoms with E-state index in [4.69, 9.17) is 9.15 Å². The predicted octanol–water partition coefficient (Wildman–Crippen LogP) is 2.59. The fraction of sp³-hybridized carbons (Fsp3) is 0.615. The van der Waals surface area contributed by atoms with Crippen molar-refractivity contribution < 1.29 is 13.9 Å². The van der Waals surface area contributed by atoms with Gasteiger partial charge in [-0.05, 0) is 32.4 Å². The second-order valence-electron chi connectivity index (χ2n) is 4.25. The fourth-order valence-corrected chi connectivity index (χ4v) is 3.16. The molecule has 1 atom stereocenters. The van der Waals surface area contributed by atoms with Crippen molar-refractivity contribution in [2.75, 3.05) is 25.5 Å². The number of carbonyl (C=O) groups is 1. The fourth-order valence-electron chi connectivity index (χ4n) is 2.00. The Morgan fingerprint density at radius 3 is 3.06 bits per heavy atom. The van der Waals surface area contributed by atoms with Gasteiger partial charge in [0.25, 0.3) is 0 Å². The van der Waals surface area contributed by atoms with Gasteiger partial charge < -0.3 is 14.1 Å². The Kier molecular flexibility index (Phi) is 4.72. The molecule has 2 heterocycles. The van der Waals surface area contributed by atoms with Crippen LogP contribution >= 0.6 is 11.8 Å². The summed E-state index contributed by atoms with van der Waals surface area (Å²) in [5.41, 5.74) is 0. The van der Waals surface area contributed by atoms with Crippen LogP contribution in [0.3, 0.4) is 0 Å². The molecule has 1 aromatic heterocycles. The van der Waals surface area contributed by atoms with E-state index in [0.717, 1.165) is 31.1 Å². The maximum absolute atomic E-state index is 11.9. The summed E-state index contributed by atoms with van der Waals surface area (Å²) in [6.07, 6.45) is 0.871. The quantitative estimate of drug-likeness (QED) is 0.744. The van der Waals surface area contributed by atoms with Crippen LogP contribution in [0.1, 0.15) is 30.2 Å². The highest BCUT2D eigenvalue weighted by Crippen LogP contribution is 2.39. The van der Waals surface area contributed by atoms with E-state index in [-0.39, 0.29) is 11.3 Å². The van der Waals surface area contributed by atoms with E-state index in [2.05, 4.69) is 0 Å². The second-order valence-corrected chi connectivity index (χ2v) is 5.32. The summed E-state index contributed by atoms with van der Waals surface area (Å²) in [4.78, 5) is 13.7. The number of amides is 1. The summed E-state index contributed by atoms with van der Waals surface area (Å²) < 4.78 is 10.9. The minimum absolute atomic E-state index is 0.0350. The Balaban J connectivity index is 1.95. The maximum atomic E-state index is 11.9. The summed E-state index contributed by atoms with van der Waals surface area (Å²) >= 11 is 1.63. The van der Waals surface area contributed by atoms with Gasteiger partial charge in [0.15, 0.2) is 0 Å². The Bertz CT molecular complexity index is 405. The molecule has 0 radical (unpaired) electrons. The number of hydrogen-bond acceptors (Lipinski definition) is 4. The lowest BCUT2D eigenvalue weighted by molar-refractivity contribution is -0.128. The first kappa shape index (κ1) is 13.5. The van der Waals surface area contributed by atoms with Gasteiger partial charge in [-0.15, -0.1) is 11.8 Å². The van der Waals surface area contributed by atoms with Crippen molar-refractivity contribution in [3.8, 4) is 0 Å². The number of nitrogens with zero attached hydrogens (tertiary/aromatic N) is 1. The molecule has 0 bridgehead atoms. The maximum Gasteiger partial charge on any atom is 0.233 e. The minimum atomic E-state index is 0.0350. The van der Waals surface area contributed by atoms with Gasteiger partial charge in [-0.3, -0.25) is 4.79 Å². The molecular formula is C13H19NO3S. The Morgan fingerprint density at radius 1 is 1.56 bits per heavy atom. The summed E-state index contributed by atoms with van der Waals surface area (Å²) in [6.45, 7) is 6.06. The molecule has 0 saturated carbocycles. The smallest absolute Gasteiger partial charge is 0.233 e. The lowest BCUT2D eigenvalue weighted by Gasteiger charge is -2.22. The molecular weight excluding hydrogens is 250 g/mol. The molecule has 5 heteroatoms. The van der Waals surface area contributed by atoms with Crippen LogP contribution in [0.4, 0.5) is 0 Å². The van der Waals surface area contributed by atoms with Crippen molar-refractivity contribution in [3.63, 3.8) is 0 Å². The molecule has 1 amide bonds. The van der Waals surface area contributed by atoms with Gasteiger partial charge in [0, 0.05) is 19.8 Å². The molecule has 1 saturated heterocycles. The van der Waals surface area contributed by atoms with Crippen LogP contribution in [0, 0.1) is 6.92 Å². The SMILES string of the molecule is CCOCCCN1C(=O)CSC1c1ccc(C)o1. The molecule has 2 rings (SSSR count). The molecule has 0 aromatic carbocycles. The number of ether oxygens (including phenoxy) is 1. The topological polar surface area (TPSA) is 42.7 Å². The second kappa shape index (κ2) is 6.29. The van der Waals surface area contributed by atoms with Crippen molar-refractivity contribution in [1.29, 1.82) is 0 Å². The number of hydrogen-bond donors (Lipinski definition) is 0. The van der Waals surface area contributed by atoms with Crippen molar-refractivity contribution in [2.24, 2.45) is 0 Å². The normalized spacial score (nSPS) is 19.8. The van der Waals surface area contributed by atoms with E-state index in [0.29, 0.717) is 12.4 Å². The molecule has 0 spiro atoms. The number of furan rings is 1.